The van der Waals surface area contributed by atoms with Crippen molar-refractivity contribution in [3.8, 4) is 0 Å². The highest BCUT2D eigenvalue weighted by Crippen LogP contribution is 2.41. The Morgan fingerprint density at radius 2 is 2.36 bits per heavy atom. The van der Waals surface area contributed by atoms with E-state index in [1.807, 2.05) is 13.8 Å². The number of nitrogens with zero attached hydrogens (tertiary/aromatic N) is 2. The third kappa shape index (κ3) is 1.88. The summed E-state index contributed by atoms with van der Waals surface area (Å²) in [6, 6.07) is 0. The molecule has 1 unspecified atom stereocenters. The first-order valence-corrected chi connectivity index (χ1v) is 5.61. The van der Waals surface area contributed by atoms with Gasteiger partial charge in [-0.3, -0.25) is 0 Å². The van der Waals surface area contributed by atoms with E-state index in [-0.39, 0.29) is 12.1 Å². The van der Waals surface area contributed by atoms with Crippen molar-refractivity contribution in [1.29, 1.82) is 0 Å². The van der Waals surface area contributed by atoms with Crippen LogP contribution in [-0.4, -0.2) is 26.6 Å². The van der Waals surface area contributed by atoms with Gasteiger partial charge in [-0.05, 0) is 32.6 Å². The van der Waals surface area contributed by atoms with E-state index in [4.69, 9.17) is 0 Å². The summed E-state index contributed by atoms with van der Waals surface area (Å²) in [5.41, 5.74) is -0.216. The van der Waals surface area contributed by atoms with E-state index in [0.29, 0.717) is 5.92 Å². The van der Waals surface area contributed by atoms with Crippen LogP contribution in [0.2, 0.25) is 0 Å². The molecule has 0 aromatic carbocycles. The first kappa shape index (κ1) is 9.86. The van der Waals surface area contributed by atoms with Crippen LogP contribution in [0.4, 0.5) is 5.13 Å². The second-order valence-corrected chi connectivity index (χ2v) is 4.87. The van der Waals surface area contributed by atoms with E-state index in [0.717, 1.165) is 11.0 Å². The molecule has 1 aliphatic rings. The Morgan fingerprint density at radius 3 is 2.79 bits per heavy atom. The number of hydrogen-bond donors (Lipinski definition) is 2. The highest BCUT2D eigenvalue weighted by Gasteiger charge is 2.41. The Kier molecular flexibility index (Phi) is 2.45. The van der Waals surface area contributed by atoms with Crippen molar-refractivity contribution in [2.75, 3.05) is 11.9 Å². The van der Waals surface area contributed by atoms with Crippen molar-refractivity contribution in [1.82, 2.24) is 9.36 Å². The molecule has 1 saturated carbocycles. The second-order valence-electron chi connectivity index (χ2n) is 4.12. The smallest absolute Gasteiger partial charge is 0.203 e. The largest absolute Gasteiger partial charge is 0.394 e. The van der Waals surface area contributed by atoms with Crippen LogP contribution in [0, 0.1) is 12.8 Å². The van der Waals surface area contributed by atoms with Crippen LogP contribution < -0.4 is 5.32 Å². The van der Waals surface area contributed by atoms with Crippen molar-refractivity contribution in [3.05, 3.63) is 5.82 Å². The molecule has 5 heteroatoms. The van der Waals surface area contributed by atoms with Crippen molar-refractivity contribution in [2.24, 2.45) is 5.92 Å². The predicted octanol–water partition coefficient (Wildman–Crippen LogP) is 1.42. The summed E-state index contributed by atoms with van der Waals surface area (Å²) in [6.07, 6.45) is 2.39. The van der Waals surface area contributed by atoms with Crippen LogP contribution in [-0.2, 0) is 0 Å². The van der Waals surface area contributed by atoms with Gasteiger partial charge in [0.25, 0.3) is 0 Å². The molecule has 1 aromatic rings. The zero-order valence-corrected chi connectivity index (χ0v) is 9.27. The van der Waals surface area contributed by atoms with Gasteiger partial charge in [0.2, 0.25) is 5.13 Å². The fourth-order valence-corrected chi connectivity index (χ4v) is 2.29. The Bertz CT molecular complexity index is 324. The fraction of sp³-hybridized carbons (Fsp3) is 0.778. The summed E-state index contributed by atoms with van der Waals surface area (Å²) in [5, 5.41) is 13.5. The standard InChI is InChI=1S/C9H15N3OS/c1-6-10-8(14-12-6)11-9(2,5-13)7-3-4-7/h7,13H,3-5H2,1-2H3,(H,10,11,12). The monoisotopic (exact) mass is 213 g/mol. The Labute approximate surface area is 87.5 Å². The average molecular weight is 213 g/mol. The highest BCUT2D eigenvalue weighted by atomic mass is 32.1. The van der Waals surface area contributed by atoms with Gasteiger partial charge >= 0.3 is 0 Å². The number of hydrogen-bond acceptors (Lipinski definition) is 5. The van der Waals surface area contributed by atoms with Gasteiger partial charge < -0.3 is 10.4 Å². The zero-order chi connectivity index (χ0) is 10.2. The Morgan fingerprint density at radius 1 is 1.64 bits per heavy atom. The number of aryl methyl sites for hydroxylation is 1. The topological polar surface area (TPSA) is 58.0 Å². The molecule has 1 aliphatic carbocycles. The van der Waals surface area contributed by atoms with E-state index in [9.17, 15) is 5.11 Å². The summed E-state index contributed by atoms with van der Waals surface area (Å²) in [4.78, 5) is 4.24. The molecule has 0 bridgehead atoms. The van der Waals surface area contributed by atoms with Crippen LogP contribution in [0.15, 0.2) is 0 Å². The molecule has 0 aliphatic heterocycles. The lowest BCUT2D eigenvalue weighted by Gasteiger charge is -2.28. The molecule has 1 fully saturated rings. The van der Waals surface area contributed by atoms with Gasteiger partial charge in [-0.2, -0.15) is 4.37 Å². The molecule has 1 atom stereocenters. The maximum atomic E-state index is 9.36. The lowest BCUT2D eigenvalue weighted by molar-refractivity contribution is 0.206. The van der Waals surface area contributed by atoms with E-state index < -0.39 is 0 Å². The normalized spacial score (nSPS) is 20.5. The quantitative estimate of drug-likeness (QED) is 0.794. The van der Waals surface area contributed by atoms with Gasteiger partial charge in [-0.1, -0.05) is 0 Å². The highest BCUT2D eigenvalue weighted by molar-refractivity contribution is 7.09. The van der Waals surface area contributed by atoms with Gasteiger partial charge in [0.15, 0.2) is 0 Å². The minimum Gasteiger partial charge on any atom is -0.394 e. The predicted molar refractivity (Wildman–Crippen MR) is 56.5 cm³/mol. The molecule has 2 N–H and O–H groups in total. The van der Waals surface area contributed by atoms with E-state index in [1.54, 1.807) is 0 Å². The Hall–Kier alpha value is -0.680. The minimum atomic E-state index is -0.216. The number of aliphatic hydroxyl groups excluding tert-OH is 1. The van der Waals surface area contributed by atoms with Crippen LogP contribution in [0.1, 0.15) is 25.6 Å². The van der Waals surface area contributed by atoms with E-state index in [1.165, 1.54) is 24.4 Å². The summed E-state index contributed by atoms with van der Waals surface area (Å²) < 4.78 is 4.10. The lowest BCUT2D eigenvalue weighted by Crippen LogP contribution is -2.41. The number of rotatable bonds is 4. The van der Waals surface area contributed by atoms with Crippen LogP contribution in [0.3, 0.4) is 0 Å². The average Bonchev–Trinajstić information content (AvgIpc) is 2.93. The molecule has 0 saturated heterocycles. The minimum absolute atomic E-state index is 0.149. The van der Waals surface area contributed by atoms with Gasteiger partial charge in [0.1, 0.15) is 5.82 Å². The molecule has 0 spiro atoms. The number of aliphatic hydroxyl groups is 1. The molecular formula is C9H15N3OS. The van der Waals surface area contributed by atoms with Gasteiger partial charge in [0, 0.05) is 11.5 Å². The zero-order valence-electron chi connectivity index (χ0n) is 8.45. The first-order valence-electron chi connectivity index (χ1n) is 4.83. The first-order chi connectivity index (χ1) is 6.64. The SMILES string of the molecule is Cc1nsc(NC(C)(CO)C2CC2)n1. The molecule has 0 amide bonds. The molecule has 1 heterocycles. The molecule has 0 radical (unpaired) electrons. The lowest BCUT2D eigenvalue weighted by atomic mass is 9.97. The molecule has 1 aromatic heterocycles. The fourth-order valence-electron chi connectivity index (χ4n) is 1.58. The maximum Gasteiger partial charge on any atom is 0.203 e. The summed E-state index contributed by atoms with van der Waals surface area (Å²) in [6.45, 7) is 4.06. The summed E-state index contributed by atoms with van der Waals surface area (Å²) in [5.74, 6) is 1.37. The van der Waals surface area contributed by atoms with Gasteiger partial charge in [0.05, 0.1) is 12.1 Å². The van der Waals surface area contributed by atoms with Crippen molar-refractivity contribution < 1.29 is 5.11 Å². The molecular weight excluding hydrogens is 198 g/mol. The Balaban J connectivity index is 2.07. The number of aromatic nitrogens is 2. The van der Waals surface area contributed by atoms with Crippen LogP contribution in [0.25, 0.3) is 0 Å². The molecule has 78 valence electrons. The number of anilines is 1. The van der Waals surface area contributed by atoms with Gasteiger partial charge in [-0.25, -0.2) is 4.98 Å². The van der Waals surface area contributed by atoms with Crippen LogP contribution in [0.5, 0.6) is 0 Å². The molecule has 4 nitrogen and oxygen atoms in total. The molecule has 14 heavy (non-hydrogen) atoms. The third-order valence-corrected chi connectivity index (χ3v) is 3.45. The summed E-state index contributed by atoms with van der Waals surface area (Å²) >= 11 is 1.35. The maximum absolute atomic E-state index is 9.36. The van der Waals surface area contributed by atoms with E-state index in [2.05, 4.69) is 14.7 Å². The summed E-state index contributed by atoms with van der Waals surface area (Å²) in [7, 11) is 0. The molecule has 2 rings (SSSR count). The third-order valence-electron chi connectivity index (χ3n) is 2.73. The van der Waals surface area contributed by atoms with E-state index >= 15 is 0 Å². The number of nitrogens with one attached hydrogen (secondary N) is 1. The second kappa shape index (κ2) is 3.47. The van der Waals surface area contributed by atoms with Crippen molar-refractivity contribution >= 4 is 16.7 Å². The van der Waals surface area contributed by atoms with Crippen LogP contribution >= 0.6 is 11.5 Å². The van der Waals surface area contributed by atoms with Crippen molar-refractivity contribution in [2.45, 2.75) is 32.2 Å². The van der Waals surface area contributed by atoms with Gasteiger partial charge in [-0.15, -0.1) is 0 Å². The van der Waals surface area contributed by atoms with Crippen molar-refractivity contribution in [3.63, 3.8) is 0 Å².